The summed E-state index contributed by atoms with van der Waals surface area (Å²) in [6.07, 6.45) is 1.66. The Kier molecular flexibility index (Phi) is 3.30. The zero-order chi connectivity index (χ0) is 10.6. The summed E-state index contributed by atoms with van der Waals surface area (Å²) < 4.78 is 0. The molecule has 4 heteroatoms. The number of aliphatic hydroxyl groups is 1. The van der Waals surface area contributed by atoms with E-state index in [9.17, 15) is 0 Å². The Morgan fingerprint density at radius 1 is 1.57 bits per heavy atom. The maximum absolute atomic E-state index is 9.04. The fourth-order valence-corrected chi connectivity index (χ4v) is 0.929. The van der Waals surface area contributed by atoms with Crippen molar-refractivity contribution in [2.45, 2.75) is 13.8 Å². The number of aliphatic hydroxyl groups excluding tert-OH is 1. The fraction of sp³-hybridized carbons (Fsp3) is 0.500. The molecule has 0 aliphatic carbocycles. The maximum atomic E-state index is 9.04. The molecule has 0 radical (unpaired) electrons. The van der Waals surface area contributed by atoms with Crippen LogP contribution in [-0.4, -0.2) is 23.2 Å². The average Bonchev–Trinajstić information content (AvgIpc) is 2.15. The van der Waals surface area contributed by atoms with E-state index in [-0.39, 0.29) is 12.0 Å². The van der Waals surface area contributed by atoms with Crippen molar-refractivity contribution in [3.63, 3.8) is 0 Å². The minimum Gasteiger partial charge on any atom is -0.399 e. The molecule has 4 N–H and O–H groups in total. The second kappa shape index (κ2) is 4.28. The second-order valence-corrected chi connectivity index (χ2v) is 4.15. The molecule has 0 saturated carbocycles. The van der Waals surface area contributed by atoms with Crippen molar-refractivity contribution in [3.05, 3.63) is 18.3 Å². The number of nitrogen functional groups attached to an aromatic ring is 1. The van der Waals surface area contributed by atoms with Crippen LogP contribution in [0.15, 0.2) is 18.3 Å². The predicted molar refractivity (Wildman–Crippen MR) is 58.0 cm³/mol. The third kappa shape index (κ3) is 3.22. The standard InChI is InChI=1S/C10H17N3O/c1-10(2,7-14)6-13-9-5-8(11)3-4-12-9/h3-5,14H,6-7H2,1-2H3,(H3,11,12,13). The number of pyridine rings is 1. The van der Waals surface area contributed by atoms with Crippen LogP contribution in [0.5, 0.6) is 0 Å². The van der Waals surface area contributed by atoms with Gasteiger partial charge in [-0.1, -0.05) is 13.8 Å². The highest BCUT2D eigenvalue weighted by Crippen LogP contribution is 2.15. The number of anilines is 2. The number of hydrogen-bond acceptors (Lipinski definition) is 4. The molecule has 0 unspecified atom stereocenters. The summed E-state index contributed by atoms with van der Waals surface area (Å²) in [5, 5.41) is 12.2. The molecule has 0 aliphatic rings. The van der Waals surface area contributed by atoms with E-state index in [1.807, 2.05) is 13.8 Å². The van der Waals surface area contributed by atoms with E-state index >= 15 is 0 Å². The molecule has 0 aliphatic heterocycles. The topological polar surface area (TPSA) is 71.2 Å². The minimum atomic E-state index is -0.147. The Morgan fingerprint density at radius 3 is 2.86 bits per heavy atom. The molecule has 1 aromatic rings. The lowest BCUT2D eigenvalue weighted by molar-refractivity contribution is 0.170. The van der Waals surface area contributed by atoms with Gasteiger partial charge in [0.05, 0.1) is 0 Å². The van der Waals surface area contributed by atoms with Crippen LogP contribution >= 0.6 is 0 Å². The van der Waals surface area contributed by atoms with E-state index < -0.39 is 0 Å². The van der Waals surface area contributed by atoms with Crippen LogP contribution in [0.25, 0.3) is 0 Å². The molecule has 14 heavy (non-hydrogen) atoms. The fourth-order valence-electron chi connectivity index (χ4n) is 0.929. The minimum absolute atomic E-state index is 0.141. The monoisotopic (exact) mass is 195 g/mol. The molecule has 1 rings (SSSR count). The van der Waals surface area contributed by atoms with E-state index in [1.165, 1.54) is 0 Å². The highest BCUT2D eigenvalue weighted by Gasteiger charge is 2.15. The normalized spacial score (nSPS) is 11.4. The molecule has 1 aromatic heterocycles. The van der Waals surface area contributed by atoms with Crippen molar-refractivity contribution < 1.29 is 5.11 Å². The van der Waals surface area contributed by atoms with Crippen molar-refractivity contribution in [1.29, 1.82) is 0 Å². The van der Waals surface area contributed by atoms with Gasteiger partial charge < -0.3 is 16.2 Å². The Bertz CT molecular complexity index is 299. The molecule has 0 fully saturated rings. The number of nitrogens with two attached hydrogens (primary N) is 1. The summed E-state index contributed by atoms with van der Waals surface area (Å²) in [5.41, 5.74) is 6.14. The van der Waals surface area contributed by atoms with Crippen LogP contribution in [0.2, 0.25) is 0 Å². The molecule has 1 heterocycles. The summed E-state index contributed by atoms with van der Waals surface area (Å²) >= 11 is 0. The number of nitrogens with zero attached hydrogens (tertiary/aromatic N) is 1. The molecule has 0 atom stereocenters. The zero-order valence-corrected chi connectivity index (χ0v) is 8.62. The van der Waals surface area contributed by atoms with Crippen LogP contribution in [0.3, 0.4) is 0 Å². The molecular weight excluding hydrogens is 178 g/mol. The smallest absolute Gasteiger partial charge is 0.127 e. The summed E-state index contributed by atoms with van der Waals surface area (Å²) in [6.45, 7) is 4.76. The van der Waals surface area contributed by atoms with Gasteiger partial charge in [0.25, 0.3) is 0 Å². The average molecular weight is 195 g/mol. The maximum Gasteiger partial charge on any atom is 0.127 e. The summed E-state index contributed by atoms with van der Waals surface area (Å²) in [7, 11) is 0. The second-order valence-electron chi connectivity index (χ2n) is 4.15. The Balaban J connectivity index is 2.54. The van der Waals surface area contributed by atoms with Crippen molar-refractivity contribution in [1.82, 2.24) is 4.98 Å². The Morgan fingerprint density at radius 2 is 2.29 bits per heavy atom. The van der Waals surface area contributed by atoms with Gasteiger partial charge in [-0.2, -0.15) is 0 Å². The van der Waals surface area contributed by atoms with Crippen LogP contribution < -0.4 is 11.1 Å². The molecule has 0 aromatic carbocycles. The van der Waals surface area contributed by atoms with E-state index in [4.69, 9.17) is 10.8 Å². The van der Waals surface area contributed by atoms with Crippen molar-refractivity contribution in [2.24, 2.45) is 5.41 Å². The van der Waals surface area contributed by atoms with Gasteiger partial charge in [-0.05, 0) is 6.07 Å². The van der Waals surface area contributed by atoms with Gasteiger partial charge in [0, 0.05) is 36.5 Å². The lowest BCUT2D eigenvalue weighted by Crippen LogP contribution is -2.27. The first kappa shape index (κ1) is 10.8. The first-order chi connectivity index (χ1) is 6.53. The van der Waals surface area contributed by atoms with Gasteiger partial charge >= 0.3 is 0 Å². The van der Waals surface area contributed by atoms with E-state index in [2.05, 4.69) is 10.3 Å². The van der Waals surface area contributed by atoms with E-state index in [0.29, 0.717) is 12.2 Å². The van der Waals surface area contributed by atoms with Crippen molar-refractivity contribution in [3.8, 4) is 0 Å². The molecule has 0 bridgehead atoms. The van der Waals surface area contributed by atoms with Gasteiger partial charge in [0.15, 0.2) is 0 Å². The molecule has 4 nitrogen and oxygen atoms in total. The first-order valence-corrected chi connectivity index (χ1v) is 4.60. The molecule has 0 spiro atoms. The third-order valence-corrected chi connectivity index (χ3v) is 1.96. The van der Waals surface area contributed by atoms with Crippen LogP contribution in [0.4, 0.5) is 11.5 Å². The van der Waals surface area contributed by atoms with Crippen molar-refractivity contribution >= 4 is 11.5 Å². The van der Waals surface area contributed by atoms with E-state index in [0.717, 1.165) is 5.82 Å². The highest BCUT2D eigenvalue weighted by atomic mass is 16.3. The number of nitrogens with one attached hydrogen (secondary N) is 1. The number of hydrogen-bond donors (Lipinski definition) is 3. The molecule has 0 amide bonds. The quantitative estimate of drug-likeness (QED) is 0.672. The summed E-state index contributed by atoms with van der Waals surface area (Å²) in [5.74, 6) is 0.742. The molecule has 78 valence electrons. The van der Waals surface area contributed by atoms with Crippen molar-refractivity contribution in [2.75, 3.05) is 24.2 Å². The number of rotatable bonds is 4. The van der Waals surface area contributed by atoms with Gasteiger partial charge in [-0.15, -0.1) is 0 Å². The Hall–Kier alpha value is -1.29. The molecular formula is C10H17N3O. The Labute approximate surface area is 84.2 Å². The van der Waals surface area contributed by atoms with Crippen LogP contribution in [0, 0.1) is 5.41 Å². The summed E-state index contributed by atoms with van der Waals surface area (Å²) in [4.78, 5) is 4.10. The van der Waals surface area contributed by atoms with Gasteiger partial charge in [-0.3, -0.25) is 0 Å². The summed E-state index contributed by atoms with van der Waals surface area (Å²) in [6, 6.07) is 3.51. The number of aromatic nitrogens is 1. The van der Waals surface area contributed by atoms with Gasteiger partial charge in [0.1, 0.15) is 5.82 Å². The van der Waals surface area contributed by atoms with Gasteiger partial charge in [0.2, 0.25) is 0 Å². The van der Waals surface area contributed by atoms with Crippen LogP contribution in [-0.2, 0) is 0 Å². The van der Waals surface area contributed by atoms with Crippen LogP contribution in [0.1, 0.15) is 13.8 Å². The third-order valence-electron chi connectivity index (χ3n) is 1.96. The lowest BCUT2D eigenvalue weighted by atomic mass is 9.95. The largest absolute Gasteiger partial charge is 0.399 e. The SMILES string of the molecule is CC(C)(CO)CNc1cc(N)ccn1. The lowest BCUT2D eigenvalue weighted by Gasteiger charge is -2.22. The predicted octanol–water partition coefficient (Wildman–Crippen LogP) is 1.09. The zero-order valence-electron chi connectivity index (χ0n) is 8.62. The van der Waals surface area contributed by atoms with E-state index in [1.54, 1.807) is 18.3 Å². The highest BCUT2D eigenvalue weighted by molar-refractivity contribution is 5.48. The molecule has 0 saturated heterocycles. The first-order valence-electron chi connectivity index (χ1n) is 4.60. The van der Waals surface area contributed by atoms with Gasteiger partial charge in [-0.25, -0.2) is 4.98 Å².